The largest absolute Gasteiger partial charge is 0.375 e. The Morgan fingerprint density at radius 1 is 1.18 bits per heavy atom. The first-order chi connectivity index (χ1) is 16.3. The maximum atomic E-state index is 13.2. The molecule has 0 bridgehead atoms. The van der Waals surface area contributed by atoms with Gasteiger partial charge >= 0.3 is 0 Å². The first kappa shape index (κ1) is 25.6. The highest BCUT2D eigenvalue weighted by molar-refractivity contribution is 8.13. The van der Waals surface area contributed by atoms with Gasteiger partial charge in [0.25, 0.3) is 5.91 Å². The number of nitrogens with zero attached hydrogens (tertiary/aromatic N) is 1. The number of rotatable bonds is 10. The van der Waals surface area contributed by atoms with Gasteiger partial charge in [0.1, 0.15) is 6.04 Å². The second kappa shape index (κ2) is 11.9. The lowest BCUT2D eigenvalue weighted by Crippen LogP contribution is -2.42. The summed E-state index contributed by atoms with van der Waals surface area (Å²) in [5, 5.41) is 4.05. The summed E-state index contributed by atoms with van der Waals surface area (Å²) >= 11 is 7.10. The predicted molar refractivity (Wildman–Crippen MR) is 140 cm³/mol. The molecule has 1 unspecified atom stereocenters. The molecule has 0 saturated heterocycles. The summed E-state index contributed by atoms with van der Waals surface area (Å²) in [6.07, 6.45) is 1.96. The van der Waals surface area contributed by atoms with Crippen LogP contribution in [0.5, 0.6) is 0 Å². The van der Waals surface area contributed by atoms with E-state index < -0.39 is 6.04 Å². The van der Waals surface area contributed by atoms with Gasteiger partial charge in [-0.25, -0.2) is 0 Å². The van der Waals surface area contributed by atoms with Crippen molar-refractivity contribution in [2.45, 2.75) is 32.4 Å². The number of H-pyrrole nitrogens is 1. The van der Waals surface area contributed by atoms with E-state index in [0.717, 1.165) is 17.1 Å². The van der Waals surface area contributed by atoms with E-state index in [1.165, 1.54) is 6.07 Å². The van der Waals surface area contributed by atoms with Crippen molar-refractivity contribution in [3.63, 3.8) is 0 Å². The van der Waals surface area contributed by atoms with E-state index in [1.54, 1.807) is 30.5 Å². The van der Waals surface area contributed by atoms with E-state index in [1.807, 2.05) is 29.2 Å². The van der Waals surface area contributed by atoms with Gasteiger partial charge in [0, 0.05) is 52.3 Å². The van der Waals surface area contributed by atoms with E-state index in [-0.39, 0.29) is 29.0 Å². The summed E-state index contributed by atoms with van der Waals surface area (Å²) in [5.41, 5.74) is 1.53. The van der Waals surface area contributed by atoms with Crippen molar-refractivity contribution in [3.05, 3.63) is 93.9 Å². The van der Waals surface area contributed by atoms with Gasteiger partial charge in [0.05, 0.1) is 0 Å². The van der Waals surface area contributed by atoms with Crippen LogP contribution >= 0.6 is 23.4 Å². The maximum Gasteiger partial charge on any atom is 0.251 e. The Kier molecular flexibility index (Phi) is 8.96. The van der Waals surface area contributed by atoms with Crippen molar-refractivity contribution >= 4 is 45.3 Å². The van der Waals surface area contributed by atoms with E-state index in [4.69, 9.17) is 11.6 Å². The van der Waals surface area contributed by atoms with Crippen LogP contribution in [-0.4, -0.2) is 45.3 Å². The van der Waals surface area contributed by atoms with Crippen molar-refractivity contribution in [1.29, 1.82) is 0 Å². The van der Waals surface area contributed by atoms with Gasteiger partial charge in [0.2, 0.25) is 10.7 Å². The fraction of sp³-hybridized carbons (Fsp3) is 0.269. The minimum atomic E-state index is -0.811. The summed E-state index contributed by atoms with van der Waals surface area (Å²) in [6, 6.07) is 14.8. The summed E-state index contributed by atoms with van der Waals surface area (Å²) in [6.45, 7) is 8.59. The first-order valence-corrected chi connectivity index (χ1v) is 12.4. The maximum absolute atomic E-state index is 13.2. The number of benzene rings is 2. The van der Waals surface area contributed by atoms with Crippen molar-refractivity contribution < 1.29 is 9.59 Å². The molecule has 0 saturated carbocycles. The zero-order valence-corrected chi connectivity index (χ0v) is 20.8. The molecule has 1 heterocycles. The molecular formula is C26H28ClN3O3S. The molecule has 34 heavy (non-hydrogen) atoms. The molecule has 1 atom stereocenters. The van der Waals surface area contributed by atoms with E-state index in [9.17, 15) is 14.4 Å². The third-order valence-electron chi connectivity index (χ3n) is 5.45. The molecule has 8 heteroatoms. The number of hydrogen-bond acceptors (Lipinski definition) is 5. The molecule has 0 fully saturated rings. The Hall–Kier alpha value is -3.03. The zero-order chi connectivity index (χ0) is 24.7. The molecule has 3 rings (SSSR count). The number of thioether (sulfide) groups is 1. The minimum absolute atomic E-state index is 0.167. The number of hydrogen-bond donors (Lipinski definition) is 2. The molecule has 3 aromatic rings. The van der Waals surface area contributed by atoms with Crippen LogP contribution in [0.1, 0.15) is 29.8 Å². The number of aromatic amines is 1. The Morgan fingerprint density at radius 2 is 1.88 bits per heavy atom. The number of halogens is 1. The molecule has 1 amide bonds. The third kappa shape index (κ3) is 6.74. The molecule has 0 spiro atoms. The Bertz CT molecular complexity index is 1220. The smallest absolute Gasteiger partial charge is 0.251 e. The lowest BCUT2D eigenvalue weighted by atomic mass is 10.0. The van der Waals surface area contributed by atoms with Gasteiger partial charge in [-0.3, -0.25) is 14.4 Å². The van der Waals surface area contributed by atoms with Crippen molar-refractivity contribution in [2.24, 2.45) is 0 Å². The molecule has 2 aromatic carbocycles. The van der Waals surface area contributed by atoms with E-state index in [2.05, 4.69) is 30.7 Å². The average Bonchev–Trinajstić information content (AvgIpc) is 2.81. The number of carbonyl (C=O) groups excluding carboxylic acids is 2. The summed E-state index contributed by atoms with van der Waals surface area (Å²) < 4.78 is 0. The van der Waals surface area contributed by atoms with Crippen LogP contribution in [0, 0.1) is 0 Å². The van der Waals surface area contributed by atoms with Crippen LogP contribution in [-0.2, 0) is 11.2 Å². The van der Waals surface area contributed by atoms with Gasteiger partial charge in [-0.1, -0.05) is 48.1 Å². The molecule has 0 aliphatic rings. The van der Waals surface area contributed by atoms with Gasteiger partial charge in [-0.05, 0) is 55.9 Å². The number of pyridine rings is 1. The molecular weight excluding hydrogens is 470 g/mol. The Labute approximate surface area is 208 Å². The fourth-order valence-corrected chi connectivity index (χ4v) is 4.59. The quantitative estimate of drug-likeness (QED) is 0.426. The molecule has 178 valence electrons. The fourth-order valence-electron chi connectivity index (χ4n) is 3.61. The zero-order valence-electron chi connectivity index (χ0n) is 19.2. The highest BCUT2D eigenvalue weighted by Gasteiger charge is 2.24. The van der Waals surface area contributed by atoms with Crippen molar-refractivity contribution in [2.75, 3.05) is 12.3 Å². The second-order valence-corrected chi connectivity index (χ2v) is 9.66. The molecule has 6 nitrogen and oxygen atoms in total. The van der Waals surface area contributed by atoms with Crippen LogP contribution in [0.25, 0.3) is 10.9 Å². The molecule has 0 aliphatic heterocycles. The molecule has 0 radical (unpaired) electrons. The molecule has 1 aromatic heterocycles. The third-order valence-corrected chi connectivity index (χ3v) is 6.66. The lowest BCUT2D eigenvalue weighted by molar-refractivity contribution is -0.112. The number of amides is 1. The van der Waals surface area contributed by atoms with Crippen LogP contribution in [0.2, 0.25) is 5.02 Å². The standard InChI is InChI=1S/C26H28ClN3O3S/c1-4-30(17(2)3)13-14-34-26(33)23(29-25(32)18-9-11-20(27)12-10-18)15-19-16-24(31)28-22-8-6-5-7-21(19)22/h4-12,16-17,23H,1,13-15H2,2-3H3,(H,28,31)(H,29,32). The van der Waals surface area contributed by atoms with E-state index in [0.29, 0.717) is 34.0 Å². The van der Waals surface area contributed by atoms with Crippen LogP contribution in [0.3, 0.4) is 0 Å². The lowest BCUT2D eigenvalue weighted by Gasteiger charge is -2.24. The van der Waals surface area contributed by atoms with Crippen LogP contribution in [0.15, 0.2) is 72.2 Å². The summed E-state index contributed by atoms with van der Waals surface area (Å²) in [5.74, 6) is 0.173. The normalized spacial score (nSPS) is 11.9. The van der Waals surface area contributed by atoms with Crippen molar-refractivity contribution in [3.8, 4) is 0 Å². The van der Waals surface area contributed by atoms with Crippen LogP contribution < -0.4 is 10.9 Å². The van der Waals surface area contributed by atoms with Gasteiger partial charge < -0.3 is 15.2 Å². The van der Waals surface area contributed by atoms with Gasteiger partial charge in [-0.2, -0.15) is 0 Å². The Morgan fingerprint density at radius 3 is 2.56 bits per heavy atom. The van der Waals surface area contributed by atoms with Crippen LogP contribution in [0.4, 0.5) is 0 Å². The summed E-state index contributed by atoms with van der Waals surface area (Å²) in [7, 11) is 0. The summed E-state index contributed by atoms with van der Waals surface area (Å²) in [4.78, 5) is 43.2. The number of nitrogens with one attached hydrogen (secondary N) is 2. The van der Waals surface area contributed by atoms with E-state index >= 15 is 0 Å². The first-order valence-electron chi connectivity index (χ1n) is 11.0. The number of para-hydroxylation sites is 1. The number of aromatic nitrogens is 1. The highest BCUT2D eigenvalue weighted by Crippen LogP contribution is 2.19. The topological polar surface area (TPSA) is 82.3 Å². The van der Waals surface area contributed by atoms with Gasteiger partial charge in [0.15, 0.2) is 0 Å². The molecule has 2 N–H and O–H groups in total. The number of fused-ring (bicyclic) bond motifs is 1. The monoisotopic (exact) mass is 497 g/mol. The SMILES string of the molecule is C=CN(CCSC(=O)C(Cc1cc(=O)[nH]c2ccccc12)NC(=O)c1ccc(Cl)cc1)C(C)C. The van der Waals surface area contributed by atoms with Gasteiger partial charge in [-0.15, -0.1) is 0 Å². The minimum Gasteiger partial charge on any atom is -0.375 e. The highest BCUT2D eigenvalue weighted by atomic mass is 35.5. The molecule has 0 aliphatic carbocycles. The average molecular weight is 498 g/mol. The number of carbonyl (C=O) groups is 2. The Balaban J connectivity index is 1.83. The predicted octanol–water partition coefficient (Wildman–Crippen LogP) is 4.64. The van der Waals surface area contributed by atoms with Crippen molar-refractivity contribution in [1.82, 2.24) is 15.2 Å². The second-order valence-electron chi connectivity index (χ2n) is 8.12.